The fraction of sp³-hybridized carbons (Fsp3) is 0.526. The second-order valence-electron chi connectivity index (χ2n) is 6.58. The summed E-state index contributed by atoms with van der Waals surface area (Å²) >= 11 is 0. The van der Waals surface area contributed by atoms with Gasteiger partial charge in [0.15, 0.2) is 0 Å². The Hall–Kier alpha value is -2.35. The zero-order valence-corrected chi connectivity index (χ0v) is 14.4. The van der Waals surface area contributed by atoms with Gasteiger partial charge in [0.25, 0.3) is 0 Å². The van der Waals surface area contributed by atoms with Crippen LogP contribution in [0.5, 0.6) is 0 Å². The molecule has 1 fully saturated rings. The maximum Gasteiger partial charge on any atom is 0.240 e. The third-order valence-electron chi connectivity index (χ3n) is 4.81. The van der Waals surface area contributed by atoms with Crippen LogP contribution in [0, 0.1) is 22.7 Å². The van der Waals surface area contributed by atoms with Crippen molar-refractivity contribution in [1.82, 2.24) is 5.32 Å². The third-order valence-corrected chi connectivity index (χ3v) is 4.81. The van der Waals surface area contributed by atoms with Crippen LogP contribution in [0.15, 0.2) is 24.3 Å². The van der Waals surface area contributed by atoms with E-state index < -0.39 is 5.41 Å². The average Bonchev–Trinajstić information content (AvgIpc) is 3.09. The van der Waals surface area contributed by atoms with Gasteiger partial charge < -0.3 is 10.6 Å². The van der Waals surface area contributed by atoms with Crippen molar-refractivity contribution in [2.75, 3.05) is 5.32 Å². The minimum atomic E-state index is -0.859. The van der Waals surface area contributed by atoms with Gasteiger partial charge in [-0.15, -0.1) is 0 Å². The molecule has 24 heavy (non-hydrogen) atoms. The Morgan fingerprint density at radius 1 is 1.33 bits per heavy atom. The summed E-state index contributed by atoms with van der Waals surface area (Å²) in [5, 5.41) is 15.1. The van der Waals surface area contributed by atoms with E-state index in [1.807, 2.05) is 38.1 Å². The Labute approximate surface area is 143 Å². The van der Waals surface area contributed by atoms with E-state index in [9.17, 15) is 14.9 Å². The standard InChI is InChI=1S/C19H25N3O2/c1-3-14(2)17(23)22-16-8-6-7-15(11-16)12-21-18(24)19(13-20)9-4-5-10-19/h6-8,11,14H,3-5,9-10,12H2,1-2H3,(H,21,24)(H,22,23). The number of nitrogens with one attached hydrogen (secondary N) is 2. The van der Waals surface area contributed by atoms with E-state index in [4.69, 9.17) is 0 Å². The number of hydrogen-bond acceptors (Lipinski definition) is 3. The monoisotopic (exact) mass is 327 g/mol. The predicted octanol–water partition coefficient (Wildman–Crippen LogP) is 3.37. The molecule has 2 amide bonds. The minimum absolute atomic E-state index is 0.00641. The van der Waals surface area contributed by atoms with Crippen LogP contribution >= 0.6 is 0 Å². The maximum absolute atomic E-state index is 12.4. The lowest BCUT2D eigenvalue weighted by atomic mass is 9.87. The summed E-state index contributed by atoms with van der Waals surface area (Å²) < 4.78 is 0. The first-order valence-corrected chi connectivity index (χ1v) is 8.60. The highest BCUT2D eigenvalue weighted by molar-refractivity contribution is 5.92. The highest BCUT2D eigenvalue weighted by Crippen LogP contribution is 2.37. The molecule has 0 aromatic heterocycles. The molecule has 1 atom stereocenters. The second-order valence-corrected chi connectivity index (χ2v) is 6.58. The summed E-state index contributed by atoms with van der Waals surface area (Å²) in [5.41, 5.74) is 0.766. The van der Waals surface area contributed by atoms with Crippen molar-refractivity contribution >= 4 is 17.5 Å². The molecule has 5 nitrogen and oxygen atoms in total. The Morgan fingerprint density at radius 3 is 2.67 bits per heavy atom. The summed E-state index contributed by atoms with van der Waals surface area (Å²) in [6.45, 7) is 4.22. The lowest BCUT2D eigenvalue weighted by Crippen LogP contribution is -2.37. The summed E-state index contributed by atoms with van der Waals surface area (Å²) in [6.07, 6.45) is 3.93. The van der Waals surface area contributed by atoms with Gasteiger partial charge >= 0.3 is 0 Å². The molecule has 0 heterocycles. The zero-order valence-electron chi connectivity index (χ0n) is 14.4. The summed E-state index contributed by atoms with van der Waals surface area (Å²) in [4.78, 5) is 24.3. The highest BCUT2D eigenvalue weighted by atomic mass is 16.2. The molecule has 2 rings (SSSR count). The normalized spacial score (nSPS) is 16.9. The van der Waals surface area contributed by atoms with Crippen LogP contribution in [-0.2, 0) is 16.1 Å². The molecule has 0 saturated heterocycles. The van der Waals surface area contributed by atoms with Gasteiger partial charge in [-0.3, -0.25) is 9.59 Å². The molecule has 0 bridgehead atoms. The van der Waals surface area contributed by atoms with Crippen molar-refractivity contribution in [3.63, 3.8) is 0 Å². The van der Waals surface area contributed by atoms with E-state index in [0.29, 0.717) is 19.4 Å². The number of amides is 2. The fourth-order valence-corrected chi connectivity index (χ4v) is 2.93. The average molecular weight is 327 g/mol. The van der Waals surface area contributed by atoms with Gasteiger partial charge in [-0.05, 0) is 37.0 Å². The number of nitrogens with zero attached hydrogens (tertiary/aromatic N) is 1. The highest BCUT2D eigenvalue weighted by Gasteiger charge is 2.41. The number of nitriles is 1. The smallest absolute Gasteiger partial charge is 0.240 e. The molecule has 1 aliphatic carbocycles. The molecule has 0 radical (unpaired) electrons. The van der Waals surface area contributed by atoms with E-state index in [1.54, 1.807) is 0 Å². The number of hydrogen-bond donors (Lipinski definition) is 2. The van der Waals surface area contributed by atoms with Crippen LogP contribution < -0.4 is 10.6 Å². The molecule has 1 saturated carbocycles. The fourth-order valence-electron chi connectivity index (χ4n) is 2.93. The number of carbonyl (C=O) groups is 2. The SMILES string of the molecule is CCC(C)C(=O)Nc1cccc(CNC(=O)C2(C#N)CCCC2)c1. The molecular weight excluding hydrogens is 302 g/mol. The summed E-state index contributed by atoms with van der Waals surface area (Å²) in [6, 6.07) is 9.64. The number of benzene rings is 1. The van der Waals surface area contributed by atoms with Crippen molar-refractivity contribution in [3.8, 4) is 6.07 Å². The second kappa shape index (κ2) is 7.96. The Balaban J connectivity index is 1.96. The topological polar surface area (TPSA) is 82.0 Å². The lowest BCUT2D eigenvalue weighted by molar-refractivity contribution is -0.128. The molecule has 1 unspecified atom stereocenters. The first kappa shape index (κ1) is 18.0. The molecule has 1 aliphatic rings. The van der Waals surface area contributed by atoms with Crippen LogP contribution in [0.25, 0.3) is 0 Å². The van der Waals surface area contributed by atoms with E-state index in [-0.39, 0.29) is 17.7 Å². The number of rotatable bonds is 6. The molecule has 2 N–H and O–H groups in total. The van der Waals surface area contributed by atoms with Crippen LogP contribution in [0.4, 0.5) is 5.69 Å². The van der Waals surface area contributed by atoms with Crippen molar-refractivity contribution in [2.45, 2.75) is 52.5 Å². The molecule has 1 aromatic rings. The molecule has 5 heteroatoms. The van der Waals surface area contributed by atoms with Crippen molar-refractivity contribution in [2.24, 2.45) is 11.3 Å². The number of anilines is 1. The number of carbonyl (C=O) groups excluding carboxylic acids is 2. The Kier molecular flexibility index (Phi) is 5.97. The summed E-state index contributed by atoms with van der Waals surface area (Å²) in [7, 11) is 0. The van der Waals surface area contributed by atoms with E-state index in [2.05, 4.69) is 16.7 Å². The molecule has 1 aromatic carbocycles. The minimum Gasteiger partial charge on any atom is -0.351 e. The van der Waals surface area contributed by atoms with Gasteiger partial charge in [-0.2, -0.15) is 5.26 Å². The zero-order chi connectivity index (χ0) is 17.6. The van der Waals surface area contributed by atoms with Gasteiger partial charge in [0, 0.05) is 18.2 Å². The van der Waals surface area contributed by atoms with E-state index >= 15 is 0 Å². The largest absolute Gasteiger partial charge is 0.351 e. The first-order valence-electron chi connectivity index (χ1n) is 8.60. The van der Waals surface area contributed by atoms with Crippen molar-refractivity contribution < 1.29 is 9.59 Å². The Bertz CT molecular complexity index is 642. The van der Waals surface area contributed by atoms with Crippen LogP contribution in [0.3, 0.4) is 0 Å². The lowest BCUT2D eigenvalue weighted by Gasteiger charge is -2.19. The van der Waals surface area contributed by atoms with Crippen LogP contribution in [0.2, 0.25) is 0 Å². The maximum atomic E-state index is 12.4. The van der Waals surface area contributed by atoms with Gasteiger partial charge in [0.1, 0.15) is 5.41 Å². The van der Waals surface area contributed by atoms with Crippen molar-refractivity contribution in [3.05, 3.63) is 29.8 Å². The first-order chi connectivity index (χ1) is 11.5. The van der Waals surface area contributed by atoms with Gasteiger partial charge in [-0.25, -0.2) is 0 Å². The molecular formula is C19H25N3O2. The molecule has 0 spiro atoms. The van der Waals surface area contributed by atoms with Crippen LogP contribution in [0.1, 0.15) is 51.5 Å². The molecule has 0 aliphatic heterocycles. The third kappa shape index (κ3) is 4.14. The van der Waals surface area contributed by atoms with E-state index in [1.165, 1.54) is 0 Å². The summed E-state index contributed by atoms with van der Waals surface area (Å²) in [5.74, 6) is -0.226. The molecule has 128 valence electrons. The predicted molar refractivity (Wildman–Crippen MR) is 92.9 cm³/mol. The van der Waals surface area contributed by atoms with Crippen molar-refractivity contribution in [1.29, 1.82) is 5.26 Å². The van der Waals surface area contributed by atoms with Gasteiger partial charge in [0.2, 0.25) is 11.8 Å². The van der Waals surface area contributed by atoms with Gasteiger partial charge in [-0.1, -0.05) is 38.8 Å². The van der Waals surface area contributed by atoms with Crippen LogP contribution in [-0.4, -0.2) is 11.8 Å². The van der Waals surface area contributed by atoms with Gasteiger partial charge in [0.05, 0.1) is 6.07 Å². The quantitative estimate of drug-likeness (QED) is 0.840. The Morgan fingerprint density at radius 2 is 2.04 bits per heavy atom. The van der Waals surface area contributed by atoms with E-state index in [0.717, 1.165) is 30.5 Å².